The van der Waals surface area contributed by atoms with Crippen LogP contribution in [0, 0.1) is 10.1 Å². The van der Waals surface area contributed by atoms with Gasteiger partial charge in [0.2, 0.25) is 0 Å². The van der Waals surface area contributed by atoms with Crippen molar-refractivity contribution in [3.8, 4) is 0 Å². The fraction of sp³-hybridized carbons (Fsp3) is 0.174. The lowest BCUT2D eigenvalue weighted by molar-refractivity contribution is -0.384. The van der Waals surface area contributed by atoms with Crippen molar-refractivity contribution >= 4 is 28.7 Å². The summed E-state index contributed by atoms with van der Waals surface area (Å²) < 4.78 is 0. The van der Waals surface area contributed by atoms with Gasteiger partial charge < -0.3 is 0 Å². The first-order valence-corrected chi connectivity index (χ1v) is 9.89. The molecule has 0 fully saturated rings. The number of aryl methyl sites for hydroxylation is 1. The Kier molecular flexibility index (Phi) is 5.32. The monoisotopic (exact) mass is 405 g/mol. The molecule has 0 N–H and O–H groups in total. The molecule has 0 aromatic heterocycles. The van der Waals surface area contributed by atoms with Gasteiger partial charge in [-0.2, -0.15) is 5.10 Å². The molecule has 5 nitrogen and oxygen atoms in total. The highest BCUT2D eigenvalue weighted by molar-refractivity contribution is 6.30. The molecule has 4 rings (SSSR count). The Labute approximate surface area is 174 Å². The molecule has 0 bridgehead atoms. The lowest BCUT2D eigenvalue weighted by Gasteiger charge is -2.24. The van der Waals surface area contributed by atoms with Crippen LogP contribution in [0.15, 0.2) is 77.9 Å². The van der Waals surface area contributed by atoms with E-state index in [0.29, 0.717) is 5.02 Å². The largest absolute Gasteiger partial charge is 0.269 e. The first-order chi connectivity index (χ1) is 14.0. The lowest BCUT2D eigenvalue weighted by Crippen LogP contribution is -2.18. The van der Waals surface area contributed by atoms with Gasteiger partial charge in [-0.3, -0.25) is 15.1 Å². The van der Waals surface area contributed by atoms with E-state index in [1.165, 1.54) is 17.7 Å². The molecular weight excluding hydrogens is 386 g/mol. The van der Waals surface area contributed by atoms with Crippen LogP contribution in [0.3, 0.4) is 0 Å². The van der Waals surface area contributed by atoms with Crippen molar-refractivity contribution < 1.29 is 4.92 Å². The summed E-state index contributed by atoms with van der Waals surface area (Å²) in [5.74, 6) is 0. The molecule has 0 radical (unpaired) electrons. The molecular formula is C23H20ClN3O2. The molecule has 0 spiro atoms. The van der Waals surface area contributed by atoms with E-state index in [-0.39, 0.29) is 11.7 Å². The SMILES string of the molecule is CCc1ccc(C2=NN(c3ccc([N+](=O)[O-])cc3)C(c3ccc(Cl)cc3)C2)cc1. The number of nitrogens with zero attached hydrogens (tertiary/aromatic N) is 3. The van der Waals surface area contributed by atoms with E-state index >= 15 is 0 Å². The molecule has 3 aromatic carbocycles. The van der Waals surface area contributed by atoms with Gasteiger partial charge in [-0.1, -0.05) is 54.9 Å². The van der Waals surface area contributed by atoms with Gasteiger partial charge >= 0.3 is 0 Å². The number of anilines is 1. The van der Waals surface area contributed by atoms with Crippen molar-refractivity contribution in [2.75, 3.05) is 5.01 Å². The molecule has 1 aliphatic heterocycles. The zero-order chi connectivity index (χ0) is 20.4. The van der Waals surface area contributed by atoms with Crippen LogP contribution in [0.1, 0.15) is 36.1 Å². The van der Waals surface area contributed by atoms with Gasteiger partial charge in [-0.25, -0.2) is 0 Å². The second kappa shape index (κ2) is 8.05. The van der Waals surface area contributed by atoms with E-state index in [0.717, 1.165) is 35.4 Å². The molecule has 0 saturated carbocycles. The average molecular weight is 406 g/mol. The number of non-ortho nitro benzene ring substituents is 1. The normalized spacial score (nSPS) is 16.0. The van der Waals surface area contributed by atoms with Crippen molar-refractivity contribution in [3.05, 3.63) is 105 Å². The van der Waals surface area contributed by atoms with E-state index in [9.17, 15) is 10.1 Å². The zero-order valence-electron chi connectivity index (χ0n) is 16.0. The van der Waals surface area contributed by atoms with Gasteiger partial charge in [-0.05, 0) is 47.4 Å². The highest BCUT2D eigenvalue weighted by Gasteiger charge is 2.30. The quantitative estimate of drug-likeness (QED) is 0.377. The fourth-order valence-corrected chi connectivity index (χ4v) is 3.65. The van der Waals surface area contributed by atoms with Crippen LogP contribution in [0.2, 0.25) is 5.02 Å². The van der Waals surface area contributed by atoms with Crippen molar-refractivity contribution in [1.29, 1.82) is 0 Å². The number of benzene rings is 3. The van der Waals surface area contributed by atoms with Crippen LogP contribution >= 0.6 is 11.6 Å². The predicted octanol–water partition coefficient (Wildman–Crippen LogP) is 6.17. The topological polar surface area (TPSA) is 58.7 Å². The maximum absolute atomic E-state index is 11.0. The minimum absolute atomic E-state index is 0.00502. The Morgan fingerprint density at radius 2 is 1.69 bits per heavy atom. The van der Waals surface area contributed by atoms with Gasteiger partial charge in [-0.15, -0.1) is 0 Å². The van der Waals surface area contributed by atoms with Gasteiger partial charge in [0.05, 0.1) is 22.4 Å². The lowest BCUT2D eigenvalue weighted by atomic mass is 9.97. The summed E-state index contributed by atoms with van der Waals surface area (Å²) in [6.45, 7) is 2.13. The minimum atomic E-state index is -0.394. The third-order valence-electron chi connectivity index (χ3n) is 5.19. The third-order valence-corrected chi connectivity index (χ3v) is 5.44. The maximum Gasteiger partial charge on any atom is 0.269 e. The Morgan fingerprint density at radius 3 is 2.28 bits per heavy atom. The molecule has 1 aliphatic rings. The second-order valence-electron chi connectivity index (χ2n) is 6.99. The minimum Gasteiger partial charge on any atom is -0.258 e. The van der Waals surface area contributed by atoms with Crippen molar-refractivity contribution in [2.45, 2.75) is 25.8 Å². The van der Waals surface area contributed by atoms with Gasteiger partial charge in [0.25, 0.3) is 5.69 Å². The van der Waals surface area contributed by atoms with Crippen LogP contribution in [-0.2, 0) is 6.42 Å². The Balaban J connectivity index is 1.71. The Bertz CT molecular complexity index is 1040. The smallest absolute Gasteiger partial charge is 0.258 e. The summed E-state index contributed by atoms with van der Waals surface area (Å²) in [6, 6.07) is 22.7. The molecule has 0 amide bonds. The van der Waals surface area contributed by atoms with Crippen LogP contribution in [-0.4, -0.2) is 10.6 Å². The van der Waals surface area contributed by atoms with Gasteiger partial charge in [0.15, 0.2) is 0 Å². The second-order valence-corrected chi connectivity index (χ2v) is 7.42. The molecule has 0 aliphatic carbocycles. The van der Waals surface area contributed by atoms with Crippen LogP contribution in [0.4, 0.5) is 11.4 Å². The van der Waals surface area contributed by atoms with Crippen molar-refractivity contribution in [3.63, 3.8) is 0 Å². The molecule has 3 aromatic rings. The van der Waals surface area contributed by atoms with E-state index < -0.39 is 4.92 Å². The average Bonchev–Trinajstić information content (AvgIpc) is 3.20. The third kappa shape index (κ3) is 4.00. The highest BCUT2D eigenvalue weighted by atomic mass is 35.5. The Hall–Kier alpha value is -3.18. The molecule has 1 unspecified atom stereocenters. The number of hydrogen-bond acceptors (Lipinski definition) is 4. The summed E-state index contributed by atoms with van der Waals surface area (Å²) in [7, 11) is 0. The fourth-order valence-electron chi connectivity index (χ4n) is 3.53. The molecule has 146 valence electrons. The summed E-state index contributed by atoms with van der Waals surface area (Å²) >= 11 is 6.07. The summed E-state index contributed by atoms with van der Waals surface area (Å²) in [4.78, 5) is 10.6. The number of hydrogen-bond donors (Lipinski definition) is 0. The highest BCUT2D eigenvalue weighted by Crippen LogP contribution is 2.37. The molecule has 0 saturated heterocycles. The molecule has 6 heteroatoms. The van der Waals surface area contributed by atoms with Gasteiger partial charge in [0, 0.05) is 23.6 Å². The van der Waals surface area contributed by atoms with E-state index in [2.05, 4.69) is 31.2 Å². The van der Waals surface area contributed by atoms with E-state index in [1.807, 2.05) is 29.3 Å². The van der Waals surface area contributed by atoms with E-state index in [4.69, 9.17) is 16.7 Å². The summed E-state index contributed by atoms with van der Waals surface area (Å²) in [5, 5.41) is 18.5. The van der Waals surface area contributed by atoms with Crippen LogP contribution in [0.5, 0.6) is 0 Å². The van der Waals surface area contributed by atoms with Crippen LogP contribution < -0.4 is 5.01 Å². The van der Waals surface area contributed by atoms with Crippen molar-refractivity contribution in [2.24, 2.45) is 5.10 Å². The van der Waals surface area contributed by atoms with Crippen LogP contribution in [0.25, 0.3) is 0 Å². The summed E-state index contributed by atoms with van der Waals surface area (Å²) in [5.41, 5.74) is 5.34. The molecule has 29 heavy (non-hydrogen) atoms. The number of halogens is 1. The number of hydrazone groups is 1. The first kappa shape index (κ1) is 19.2. The number of nitro benzene ring substituents is 1. The van der Waals surface area contributed by atoms with E-state index in [1.54, 1.807) is 12.1 Å². The molecule has 1 atom stereocenters. The first-order valence-electron chi connectivity index (χ1n) is 9.51. The standard InChI is InChI=1S/C23H20ClN3O2/c1-2-16-3-5-17(6-4-16)22-15-23(18-7-9-19(24)10-8-18)26(25-22)20-11-13-21(14-12-20)27(28)29/h3-14,23H,2,15H2,1H3. The number of rotatable bonds is 5. The zero-order valence-corrected chi connectivity index (χ0v) is 16.7. The summed E-state index contributed by atoms with van der Waals surface area (Å²) in [6.07, 6.45) is 1.74. The maximum atomic E-state index is 11.0. The Morgan fingerprint density at radius 1 is 1.03 bits per heavy atom. The number of nitro groups is 1. The van der Waals surface area contributed by atoms with Crippen molar-refractivity contribution in [1.82, 2.24) is 0 Å². The predicted molar refractivity (Wildman–Crippen MR) is 117 cm³/mol. The van der Waals surface area contributed by atoms with Gasteiger partial charge in [0.1, 0.15) is 0 Å². The molecule has 1 heterocycles.